The highest BCUT2D eigenvalue weighted by molar-refractivity contribution is 6.08. The quantitative estimate of drug-likeness (QED) is 0.114. The maximum Gasteiger partial charge on any atom is 0.284 e. The molecule has 4 fully saturated rings. The average molecular weight is 896 g/mol. The largest absolute Gasteiger partial charge is 0.381 e. The van der Waals surface area contributed by atoms with Crippen LogP contribution in [-0.4, -0.2) is 123 Å². The van der Waals surface area contributed by atoms with Crippen LogP contribution in [0.5, 0.6) is 0 Å². The number of piperidine rings is 3. The van der Waals surface area contributed by atoms with Crippen LogP contribution in [0.4, 0.5) is 20.3 Å². The van der Waals surface area contributed by atoms with E-state index in [9.17, 15) is 23.8 Å². The molecule has 3 atom stereocenters. The van der Waals surface area contributed by atoms with E-state index in [1.165, 1.54) is 10.7 Å². The van der Waals surface area contributed by atoms with Gasteiger partial charge < -0.3 is 30.1 Å². The number of carbonyl (C=O) groups excluding carboxylic acids is 1. The van der Waals surface area contributed by atoms with Crippen molar-refractivity contribution < 1.29 is 28.5 Å². The molecule has 10 rings (SSSR count). The van der Waals surface area contributed by atoms with Gasteiger partial charge in [0.25, 0.3) is 12.3 Å². The Hall–Kier alpha value is -5.34. The number of likely N-dealkylation sites (tertiary alicyclic amines) is 1. The molecule has 65 heavy (non-hydrogen) atoms. The molecule has 6 aromatic rings. The Morgan fingerprint density at radius 1 is 0.908 bits per heavy atom. The second-order valence-electron chi connectivity index (χ2n) is 18.6. The van der Waals surface area contributed by atoms with Gasteiger partial charge in [-0.15, -0.1) is 0 Å². The smallest absolute Gasteiger partial charge is 0.284 e. The standard InChI is InChI=1S/C46H59F2N13O4/c1-28-41-34(4-3-5-37(41)61(54-28)38-10-11-40(62)53-46(38)64)31-22-49-58(26-31)25-30-12-17-56(18-13-30)24-29-6-8-32(9-7-29)60-27-36(42(55-60)43(47)48)51-45(63)35-23-50-59-21-16-39(52-44(35)59)57-19-14-33(65-2)15-20-57/h3-5,16,21-23,26-27,29-30,32-33,38,40,43,46,53,62,64H,6-15,17-20,24-25H2,1-2H3,(H,51,63)/t29?,32?,38-,40-,46-/m1/s1. The minimum absolute atomic E-state index is 0.00936. The number of hydrogen-bond acceptors (Lipinski definition) is 12. The first-order valence-electron chi connectivity index (χ1n) is 23.2. The SMILES string of the molecule is COC1CCN(c2ccn3ncc(C(=O)Nc4cn(C5CCC(CN6CCC(Cn7cc(-c8cccc9c8c(C)nn9[C@@H]8CC[C@@H](O)N[C@@H]8O)cn7)CC6)CC5)nc4C(F)F)c3n2)CC1. The predicted octanol–water partition coefficient (Wildman–Crippen LogP) is 5.96. The summed E-state index contributed by atoms with van der Waals surface area (Å²) in [4.78, 5) is 23.1. The van der Waals surface area contributed by atoms with E-state index in [1.54, 1.807) is 24.2 Å². The lowest BCUT2D eigenvalue weighted by Gasteiger charge is -2.36. The van der Waals surface area contributed by atoms with Crippen molar-refractivity contribution in [2.75, 3.05) is 50.1 Å². The molecule has 0 unspecified atom stereocenters. The molecule has 8 heterocycles. The first-order valence-corrected chi connectivity index (χ1v) is 23.2. The Labute approximate surface area is 375 Å². The molecular formula is C46H59F2N13O4. The minimum Gasteiger partial charge on any atom is -0.381 e. The number of ether oxygens (including phenoxy) is 1. The van der Waals surface area contributed by atoms with Crippen molar-refractivity contribution in [3.05, 3.63) is 72.2 Å². The predicted molar refractivity (Wildman–Crippen MR) is 240 cm³/mol. The Balaban J connectivity index is 0.711. The lowest BCUT2D eigenvalue weighted by Crippen LogP contribution is -2.48. The number of amides is 1. The summed E-state index contributed by atoms with van der Waals surface area (Å²) in [7, 11) is 1.73. The molecule has 3 saturated heterocycles. The molecule has 0 spiro atoms. The fourth-order valence-electron chi connectivity index (χ4n) is 10.7. The highest BCUT2D eigenvalue weighted by Crippen LogP contribution is 2.37. The van der Waals surface area contributed by atoms with E-state index in [-0.39, 0.29) is 29.4 Å². The van der Waals surface area contributed by atoms with Gasteiger partial charge in [0.05, 0.1) is 47.5 Å². The molecule has 346 valence electrons. The maximum atomic E-state index is 14.4. The van der Waals surface area contributed by atoms with Crippen LogP contribution in [0.3, 0.4) is 0 Å². The lowest BCUT2D eigenvalue weighted by molar-refractivity contribution is -0.0297. The number of rotatable bonds is 12. The first-order chi connectivity index (χ1) is 31.6. The molecule has 19 heteroatoms. The van der Waals surface area contributed by atoms with Gasteiger partial charge in [-0.3, -0.25) is 24.2 Å². The number of anilines is 2. The van der Waals surface area contributed by atoms with Crippen LogP contribution in [-0.2, 0) is 11.3 Å². The topological polar surface area (TPSA) is 181 Å². The summed E-state index contributed by atoms with van der Waals surface area (Å²) in [6.45, 7) is 7.51. The van der Waals surface area contributed by atoms with Gasteiger partial charge in [-0.25, -0.2) is 18.3 Å². The Bertz CT molecular complexity index is 2600. The number of nitrogens with zero attached hydrogens (tertiary/aromatic N) is 11. The van der Waals surface area contributed by atoms with Gasteiger partial charge in [0.2, 0.25) is 0 Å². The lowest BCUT2D eigenvalue weighted by atomic mass is 9.85. The Kier molecular flexibility index (Phi) is 12.4. The van der Waals surface area contributed by atoms with Crippen molar-refractivity contribution in [3.63, 3.8) is 0 Å². The van der Waals surface area contributed by atoms with E-state index < -0.39 is 30.5 Å². The summed E-state index contributed by atoms with van der Waals surface area (Å²) >= 11 is 0. The zero-order valence-electron chi connectivity index (χ0n) is 37.0. The van der Waals surface area contributed by atoms with Crippen LogP contribution in [0.1, 0.15) is 104 Å². The molecule has 4 aliphatic rings. The Morgan fingerprint density at radius 2 is 1.69 bits per heavy atom. The van der Waals surface area contributed by atoms with E-state index in [2.05, 4.69) is 47.6 Å². The van der Waals surface area contributed by atoms with E-state index in [4.69, 9.17) is 19.9 Å². The van der Waals surface area contributed by atoms with Gasteiger partial charge in [-0.05, 0) is 114 Å². The van der Waals surface area contributed by atoms with Crippen molar-refractivity contribution in [1.82, 2.24) is 54.2 Å². The number of aliphatic hydroxyl groups excluding tert-OH is 2. The van der Waals surface area contributed by atoms with Crippen molar-refractivity contribution in [2.45, 2.75) is 115 Å². The van der Waals surface area contributed by atoms with Gasteiger partial charge >= 0.3 is 0 Å². The minimum atomic E-state index is -2.85. The number of alkyl halides is 2. The van der Waals surface area contributed by atoms with E-state index >= 15 is 0 Å². The summed E-state index contributed by atoms with van der Waals surface area (Å²) in [6, 6.07) is 7.74. The van der Waals surface area contributed by atoms with Crippen LogP contribution < -0.4 is 15.5 Å². The van der Waals surface area contributed by atoms with Crippen molar-refractivity contribution in [1.29, 1.82) is 0 Å². The van der Waals surface area contributed by atoms with Gasteiger partial charge in [0.15, 0.2) is 11.3 Å². The molecule has 4 N–H and O–H groups in total. The molecule has 5 aromatic heterocycles. The summed E-state index contributed by atoms with van der Waals surface area (Å²) in [6.07, 6.45) is 13.3. The normalized spacial score (nSPS) is 24.2. The summed E-state index contributed by atoms with van der Waals surface area (Å²) in [5.41, 5.74) is 4.09. The number of aromatic nitrogens is 9. The number of benzene rings is 1. The number of hydrogen-bond donors (Lipinski definition) is 4. The van der Waals surface area contributed by atoms with Crippen LogP contribution >= 0.6 is 0 Å². The number of methoxy groups -OCH3 is 1. The fraction of sp³-hybridized carbons (Fsp3) is 0.565. The molecule has 0 bridgehead atoms. The van der Waals surface area contributed by atoms with Crippen molar-refractivity contribution >= 4 is 34.0 Å². The van der Waals surface area contributed by atoms with Gasteiger partial charge in [0.1, 0.15) is 23.8 Å². The van der Waals surface area contributed by atoms with Crippen molar-refractivity contribution in [2.24, 2.45) is 11.8 Å². The van der Waals surface area contributed by atoms with E-state index in [1.807, 2.05) is 36.0 Å². The number of carbonyl (C=O) groups is 1. The van der Waals surface area contributed by atoms with Crippen LogP contribution in [0.25, 0.3) is 27.7 Å². The molecule has 17 nitrogen and oxygen atoms in total. The second-order valence-corrected chi connectivity index (χ2v) is 18.6. The zero-order chi connectivity index (χ0) is 44.8. The molecule has 1 saturated carbocycles. The summed E-state index contributed by atoms with van der Waals surface area (Å²) in [5.74, 6) is 1.22. The van der Waals surface area contributed by atoms with Gasteiger partial charge in [0, 0.05) is 62.8 Å². The highest BCUT2D eigenvalue weighted by atomic mass is 19.3. The van der Waals surface area contributed by atoms with Gasteiger partial charge in [-0.2, -0.15) is 20.4 Å². The van der Waals surface area contributed by atoms with Crippen LogP contribution in [0, 0.1) is 18.8 Å². The third kappa shape index (κ3) is 9.00. The molecule has 3 aliphatic heterocycles. The van der Waals surface area contributed by atoms with Crippen LogP contribution in [0.2, 0.25) is 0 Å². The first kappa shape index (κ1) is 43.5. The molecular weight excluding hydrogens is 837 g/mol. The summed E-state index contributed by atoms with van der Waals surface area (Å²) < 4.78 is 41.3. The number of fused-ring (bicyclic) bond motifs is 2. The maximum absolute atomic E-state index is 14.4. The third-order valence-electron chi connectivity index (χ3n) is 14.4. The second kappa shape index (κ2) is 18.5. The number of nitrogens with one attached hydrogen (secondary N) is 2. The molecule has 1 aliphatic carbocycles. The molecule has 1 aromatic carbocycles. The fourth-order valence-corrected chi connectivity index (χ4v) is 10.7. The third-order valence-corrected chi connectivity index (χ3v) is 14.4. The molecule has 1 amide bonds. The number of aliphatic hydroxyl groups is 2. The Morgan fingerprint density at radius 3 is 2.45 bits per heavy atom. The molecule has 0 radical (unpaired) electrons. The highest BCUT2D eigenvalue weighted by Gasteiger charge is 2.33. The van der Waals surface area contributed by atoms with E-state index in [0.717, 1.165) is 124 Å². The zero-order valence-corrected chi connectivity index (χ0v) is 37.0. The number of aryl methyl sites for hydroxylation is 1. The van der Waals surface area contributed by atoms with Crippen LogP contribution in [0.15, 0.2) is 55.2 Å². The summed E-state index contributed by atoms with van der Waals surface area (Å²) in [5, 5.41) is 45.5. The number of halogens is 2. The van der Waals surface area contributed by atoms with Gasteiger partial charge in [-0.1, -0.05) is 12.1 Å². The van der Waals surface area contributed by atoms with Crippen molar-refractivity contribution in [3.8, 4) is 11.1 Å². The van der Waals surface area contributed by atoms with E-state index in [0.29, 0.717) is 30.3 Å². The monoisotopic (exact) mass is 895 g/mol. The average Bonchev–Trinajstić information content (AvgIpc) is 4.13.